The number of rotatable bonds is 4. The van der Waals surface area contributed by atoms with Crippen molar-refractivity contribution in [2.75, 3.05) is 0 Å². The van der Waals surface area contributed by atoms with Gasteiger partial charge in [-0.25, -0.2) is 0 Å². The SMILES string of the molecule is C/C=C\C(=C/C=N)CC(C)=O. The smallest absolute Gasteiger partial charge is 0.134 e. The molecule has 0 saturated carbocycles. The minimum atomic E-state index is 0.121. The minimum Gasteiger partial charge on any atom is -0.309 e. The number of hydrogen-bond donors (Lipinski definition) is 1. The van der Waals surface area contributed by atoms with Gasteiger partial charge in [-0.15, -0.1) is 0 Å². The third-order valence-corrected chi connectivity index (χ3v) is 1.13. The van der Waals surface area contributed by atoms with Gasteiger partial charge in [0.25, 0.3) is 0 Å². The van der Waals surface area contributed by atoms with Crippen LogP contribution in [0.2, 0.25) is 0 Å². The zero-order valence-electron chi connectivity index (χ0n) is 6.92. The predicted octanol–water partition coefficient (Wildman–Crippen LogP) is 2.12. The van der Waals surface area contributed by atoms with E-state index in [1.165, 1.54) is 6.21 Å². The largest absolute Gasteiger partial charge is 0.309 e. The Labute approximate surface area is 67.1 Å². The lowest BCUT2D eigenvalue weighted by Crippen LogP contribution is -1.91. The Morgan fingerprint density at radius 3 is 2.55 bits per heavy atom. The van der Waals surface area contributed by atoms with E-state index in [1.807, 2.05) is 19.1 Å². The summed E-state index contributed by atoms with van der Waals surface area (Å²) in [5.74, 6) is 0.121. The third kappa shape index (κ3) is 5.27. The molecule has 0 atom stereocenters. The molecule has 0 spiro atoms. The zero-order valence-corrected chi connectivity index (χ0v) is 6.92. The summed E-state index contributed by atoms with van der Waals surface area (Å²) >= 11 is 0. The monoisotopic (exact) mass is 151 g/mol. The highest BCUT2D eigenvalue weighted by molar-refractivity contribution is 5.81. The van der Waals surface area contributed by atoms with Crippen LogP contribution in [0.3, 0.4) is 0 Å². The van der Waals surface area contributed by atoms with Gasteiger partial charge in [-0.1, -0.05) is 12.2 Å². The topological polar surface area (TPSA) is 40.9 Å². The highest BCUT2D eigenvalue weighted by Gasteiger charge is 1.95. The highest BCUT2D eigenvalue weighted by atomic mass is 16.1. The maximum Gasteiger partial charge on any atom is 0.134 e. The van der Waals surface area contributed by atoms with E-state index in [9.17, 15) is 4.79 Å². The third-order valence-electron chi connectivity index (χ3n) is 1.13. The van der Waals surface area contributed by atoms with Crippen molar-refractivity contribution in [2.24, 2.45) is 0 Å². The molecule has 11 heavy (non-hydrogen) atoms. The molecule has 0 radical (unpaired) electrons. The number of allylic oxidation sites excluding steroid dienone is 4. The molecule has 2 nitrogen and oxygen atoms in total. The Balaban J connectivity index is 4.22. The molecule has 0 heterocycles. The molecule has 0 aromatic carbocycles. The first-order chi connectivity index (χ1) is 5.20. The number of Topliss-reactive ketones (excluding diaryl/α,β-unsaturated/α-hetero) is 1. The van der Waals surface area contributed by atoms with Crippen molar-refractivity contribution in [3.63, 3.8) is 0 Å². The molecule has 0 bridgehead atoms. The summed E-state index contributed by atoms with van der Waals surface area (Å²) in [5.41, 5.74) is 0.884. The predicted molar refractivity (Wildman–Crippen MR) is 47.0 cm³/mol. The average Bonchev–Trinajstić information content (AvgIpc) is 1.87. The van der Waals surface area contributed by atoms with Gasteiger partial charge in [0.15, 0.2) is 0 Å². The van der Waals surface area contributed by atoms with Crippen molar-refractivity contribution in [3.05, 3.63) is 23.8 Å². The van der Waals surface area contributed by atoms with Crippen LogP contribution in [0.5, 0.6) is 0 Å². The first-order valence-electron chi connectivity index (χ1n) is 3.52. The van der Waals surface area contributed by atoms with Crippen LogP contribution in [0.15, 0.2) is 23.8 Å². The van der Waals surface area contributed by atoms with Crippen LogP contribution in [0, 0.1) is 5.41 Å². The second kappa shape index (κ2) is 5.59. The van der Waals surface area contributed by atoms with Crippen LogP contribution in [0.4, 0.5) is 0 Å². The normalized spacial score (nSPS) is 12.0. The highest BCUT2D eigenvalue weighted by Crippen LogP contribution is 2.02. The summed E-state index contributed by atoms with van der Waals surface area (Å²) in [6.45, 7) is 3.43. The standard InChI is InChI=1S/C9H13NO/c1-3-4-9(5-6-10)7-8(2)11/h3-6,10H,7H2,1-2H3/b4-3-,9-5+,10-6?. The van der Waals surface area contributed by atoms with Crippen molar-refractivity contribution in [1.82, 2.24) is 0 Å². The zero-order chi connectivity index (χ0) is 8.69. The Hall–Kier alpha value is -1.18. The van der Waals surface area contributed by atoms with E-state index < -0.39 is 0 Å². The molecule has 0 saturated heterocycles. The fraction of sp³-hybridized carbons (Fsp3) is 0.333. The van der Waals surface area contributed by atoms with E-state index in [1.54, 1.807) is 13.0 Å². The van der Waals surface area contributed by atoms with Crippen molar-refractivity contribution < 1.29 is 4.79 Å². The fourth-order valence-electron chi connectivity index (χ4n) is 0.782. The maximum absolute atomic E-state index is 10.7. The molecule has 1 N–H and O–H groups in total. The van der Waals surface area contributed by atoms with Gasteiger partial charge in [-0.2, -0.15) is 0 Å². The van der Waals surface area contributed by atoms with Crippen LogP contribution in [0.25, 0.3) is 0 Å². The molecule has 0 aliphatic carbocycles. The van der Waals surface area contributed by atoms with Crippen molar-refractivity contribution in [1.29, 1.82) is 5.41 Å². The number of carbonyl (C=O) groups excluding carboxylic acids is 1. The van der Waals surface area contributed by atoms with E-state index in [2.05, 4.69) is 0 Å². The molecule has 0 aromatic heterocycles. The Morgan fingerprint density at radius 2 is 2.18 bits per heavy atom. The molecule has 0 amide bonds. The lowest BCUT2D eigenvalue weighted by molar-refractivity contribution is -0.116. The summed E-state index contributed by atoms with van der Waals surface area (Å²) in [5, 5.41) is 6.81. The number of hydrogen-bond acceptors (Lipinski definition) is 2. The van der Waals surface area contributed by atoms with Gasteiger partial charge in [0.05, 0.1) is 0 Å². The molecule has 0 unspecified atom stereocenters. The molecular formula is C9H13NO. The van der Waals surface area contributed by atoms with Crippen LogP contribution in [-0.2, 0) is 4.79 Å². The lowest BCUT2D eigenvalue weighted by Gasteiger charge is -1.94. The van der Waals surface area contributed by atoms with Gasteiger partial charge in [-0.3, -0.25) is 4.79 Å². The molecule has 2 heteroatoms. The second-order valence-corrected chi connectivity index (χ2v) is 2.29. The van der Waals surface area contributed by atoms with Gasteiger partial charge >= 0.3 is 0 Å². The van der Waals surface area contributed by atoms with Crippen LogP contribution < -0.4 is 0 Å². The fourth-order valence-corrected chi connectivity index (χ4v) is 0.782. The minimum absolute atomic E-state index is 0.121. The molecule has 0 aromatic rings. The Bertz CT molecular complexity index is 202. The lowest BCUT2D eigenvalue weighted by atomic mass is 10.1. The van der Waals surface area contributed by atoms with Gasteiger partial charge in [-0.05, 0) is 25.5 Å². The van der Waals surface area contributed by atoms with E-state index in [0.717, 1.165) is 5.57 Å². The molecule has 0 aliphatic heterocycles. The molecule has 60 valence electrons. The van der Waals surface area contributed by atoms with E-state index in [-0.39, 0.29) is 5.78 Å². The first kappa shape index (κ1) is 9.82. The first-order valence-corrected chi connectivity index (χ1v) is 3.52. The summed E-state index contributed by atoms with van der Waals surface area (Å²) in [7, 11) is 0. The molecular weight excluding hydrogens is 138 g/mol. The Kier molecular flexibility index (Phi) is 4.99. The second-order valence-electron chi connectivity index (χ2n) is 2.29. The van der Waals surface area contributed by atoms with Crippen molar-refractivity contribution in [2.45, 2.75) is 20.3 Å². The summed E-state index contributed by atoms with van der Waals surface area (Å²) in [4.78, 5) is 10.7. The van der Waals surface area contributed by atoms with E-state index in [4.69, 9.17) is 5.41 Å². The van der Waals surface area contributed by atoms with Gasteiger partial charge in [0.1, 0.15) is 5.78 Å². The summed E-state index contributed by atoms with van der Waals surface area (Å²) < 4.78 is 0. The van der Waals surface area contributed by atoms with Gasteiger partial charge < -0.3 is 5.41 Å². The average molecular weight is 151 g/mol. The molecule has 0 aliphatic rings. The van der Waals surface area contributed by atoms with Crippen LogP contribution in [0.1, 0.15) is 20.3 Å². The van der Waals surface area contributed by atoms with E-state index in [0.29, 0.717) is 6.42 Å². The van der Waals surface area contributed by atoms with Gasteiger partial charge in [0.2, 0.25) is 0 Å². The number of ketones is 1. The Morgan fingerprint density at radius 1 is 1.55 bits per heavy atom. The van der Waals surface area contributed by atoms with Crippen molar-refractivity contribution >= 4 is 12.0 Å². The van der Waals surface area contributed by atoms with E-state index >= 15 is 0 Å². The van der Waals surface area contributed by atoms with Crippen LogP contribution in [-0.4, -0.2) is 12.0 Å². The number of carbonyl (C=O) groups is 1. The maximum atomic E-state index is 10.7. The quantitative estimate of drug-likeness (QED) is 0.485. The molecule has 0 fully saturated rings. The number of nitrogens with one attached hydrogen (secondary N) is 1. The summed E-state index contributed by atoms with van der Waals surface area (Å²) in [6.07, 6.45) is 6.93. The summed E-state index contributed by atoms with van der Waals surface area (Å²) in [6, 6.07) is 0. The van der Waals surface area contributed by atoms with Crippen molar-refractivity contribution in [3.8, 4) is 0 Å². The van der Waals surface area contributed by atoms with Crippen LogP contribution >= 0.6 is 0 Å². The molecule has 0 rings (SSSR count). The van der Waals surface area contributed by atoms with Gasteiger partial charge in [0, 0.05) is 12.6 Å².